The third kappa shape index (κ3) is 3.71. The third-order valence-electron chi connectivity index (χ3n) is 4.46. The second-order valence-electron chi connectivity index (χ2n) is 5.71. The Balaban J connectivity index is 2.18. The van der Waals surface area contributed by atoms with Crippen molar-refractivity contribution in [2.45, 2.75) is 31.8 Å². The number of hydrogen-bond donors (Lipinski definition) is 1. The van der Waals surface area contributed by atoms with Gasteiger partial charge >= 0.3 is 0 Å². The van der Waals surface area contributed by atoms with Crippen molar-refractivity contribution in [3.63, 3.8) is 0 Å². The molecule has 1 aromatic carbocycles. The van der Waals surface area contributed by atoms with E-state index in [1.807, 2.05) is 12.1 Å². The summed E-state index contributed by atoms with van der Waals surface area (Å²) in [6.07, 6.45) is 3.75. The van der Waals surface area contributed by atoms with E-state index < -0.39 is 0 Å². The Hall–Kier alpha value is -0.780. The first-order valence-corrected chi connectivity index (χ1v) is 8.20. The van der Waals surface area contributed by atoms with Crippen LogP contribution in [0.5, 0.6) is 11.5 Å². The molecule has 0 aromatic heterocycles. The molecule has 1 aliphatic rings. The quantitative estimate of drug-likeness (QED) is 0.850. The topological polar surface area (TPSA) is 47.7 Å². The van der Waals surface area contributed by atoms with Gasteiger partial charge in [-0.05, 0) is 60.4 Å². The molecule has 1 aromatic rings. The number of hydrogen-bond acceptors (Lipinski definition) is 4. The Kier molecular flexibility index (Phi) is 5.90. The van der Waals surface area contributed by atoms with Crippen LogP contribution >= 0.6 is 15.9 Å². The van der Waals surface area contributed by atoms with E-state index in [0.717, 1.165) is 34.6 Å². The SMILES string of the molecule is COc1cc(CN(C)C2CCCC2CN)c(OC)cc1Br. The average Bonchev–Trinajstić information content (AvgIpc) is 2.97. The summed E-state index contributed by atoms with van der Waals surface area (Å²) >= 11 is 3.50. The van der Waals surface area contributed by atoms with E-state index in [1.165, 1.54) is 19.3 Å². The van der Waals surface area contributed by atoms with E-state index in [0.29, 0.717) is 12.0 Å². The number of rotatable bonds is 6. The Morgan fingerprint density at radius 3 is 2.57 bits per heavy atom. The van der Waals surface area contributed by atoms with Gasteiger partial charge in [-0.25, -0.2) is 0 Å². The molecule has 118 valence electrons. The van der Waals surface area contributed by atoms with Gasteiger partial charge in [0.05, 0.1) is 18.7 Å². The summed E-state index contributed by atoms with van der Waals surface area (Å²) in [6, 6.07) is 4.58. The van der Waals surface area contributed by atoms with Crippen LogP contribution in [0.2, 0.25) is 0 Å². The maximum Gasteiger partial charge on any atom is 0.133 e. The first-order chi connectivity index (χ1) is 10.1. The summed E-state index contributed by atoms with van der Waals surface area (Å²) in [5, 5.41) is 0. The van der Waals surface area contributed by atoms with Crippen LogP contribution in [0.3, 0.4) is 0 Å². The van der Waals surface area contributed by atoms with Gasteiger partial charge in [-0.2, -0.15) is 0 Å². The van der Waals surface area contributed by atoms with Crippen LogP contribution in [-0.2, 0) is 6.54 Å². The predicted octanol–water partition coefficient (Wildman–Crippen LogP) is 3.03. The molecule has 2 atom stereocenters. The minimum absolute atomic E-state index is 0.564. The number of methoxy groups -OCH3 is 2. The number of halogens is 1. The van der Waals surface area contributed by atoms with Gasteiger partial charge in [0, 0.05) is 18.2 Å². The van der Waals surface area contributed by atoms with Crippen molar-refractivity contribution in [1.29, 1.82) is 0 Å². The van der Waals surface area contributed by atoms with Crippen molar-refractivity contribution in [2.75, 3.05) is 27.8 Å². The number of nitrogens with two attached hydrogens (primary N) is 1. The van der Waals surface area contributed by atoms with Crippen LogP contribution in [0.15, 0.2) is 16.6 Å². The lowest BCUT2D eigenvalue weighted by Gasteiger charge is -2.29. The van der Waals surface area contributed by atoms with Crippen LogP contribution in [-0.4, -0.2) is 38.8 Å². The lowest BCUT2D eigenvalue weighted by Crippen LogP contribution is -2.37. The molecule has 0 aliphatic heterocycles. The summed E-state index contributed by atoms with van der Waals surface area (Å²) in [5.41, 5.74) is 7.04. The fourth-order valence-corrected chi connectivity index (χ4v) is 3.79. The van der Waals surface area contributed by atoms with E-state index in [1.54, 1.807) is 14.2 Å². The van der Waals surface area contributed by atoms with Crippen molar-refractivity contribution in [2.24, 2.45) is 11.7 Å². The monoisotopic (exact) mass is 356 g/mol. The lowest BCUT2D eigenvalue weighted by atomic mass is 10.0. The van der Waals surface area contributed by atoms with Crippen LogP contribution in [0.4, 0.5) is 0 Å². The maximum absolute atomic E-state index is 5.90. The zero-order valence-corrected chi connectivity index (χ0v) is 14.6. The number of benzene rings is 1. The van der Waals surface area contributed by atoms with Gasteiger partial charge in [0.1, 0.15) is 11.5 Å². The second kappa shape index (κ2) is 7.47. The van der Waals surface area contributed by atoms with Crippen LogP contribution in [0.25, 0.3) is 0 Å². The highest BCUT2D eigenvalue weighted by Gasteiger charge is 2.29. The maximum atomic E-state index is 5.90. The van der Waals surface area contributed by atoms with E-state index in [-0.39, 0.29) is 0 Å². The molecule has 0 bridgehead atoms. The van der Waals surface area contributed by atoms with E-state index >= 15 is 0 Å². The number of ether oxygens (including phenoxy) is 2. The minimum Gasteiger partial charge on any atom is -0.496 e. The average molecular weight is 357 g/mol. The molecule has 0 radical (unpaired) electrons. The molecular weight excluding hydrogens is 332 g/mol. The highest BCUT2D eigenvalue weighted by atomic mass is 79.9. The molecule has 1 fully saturated rings. The van der Waals surface area contributed by atoms with Crippen LogP contribution in [0.1, 0.15) is 24.8 Å². The van der Waals surface area contributed by atoms with Gasteiger partial charge in [0.15, 0.2) is 0 Å². The van der Waals surface area contributed by atoms with Gasteiger partial charge < -0.3 is 15.2 Å². The molecule has 21 heavy (non-hydrogen) atoms. The molecule has 2 unspecified atom stereocenters. The molecule has 2 N–H and O–H groups in total. The molecule has 0 spiro atoms. The van der Waals surface area contributed by atoms with E-state index in [2.05, 4.69) is 27.9 Å². The van der Waals surface area contributed by atoms with Gasteiger partial charge in [-0.3, -0.25) is 4.90 Å². The zero-order valence-electron chi connectivity index (χ0n) is 13.1. The first kappa shape index (κ1) is 16.6. The fraction of sp³-hybridized carbons (Fsp3) is 0.625. The van der Waals surface area contributed by atoms with Crippen LogP contribution in [0, 0.1) is 5.92 Å². The van der Waals surface area contributed by atoms with Crippen molar-refractivity contribution in [3.05, 3.63) is 22.2 Å². The molecule has 1 saturated carbocycles. The highest BCUT2D eigenvalue weighted by molar-refractivity contribution is 9.10. The molecule has 0 heterocycles. The smallest absolute Gasteiger partial charge is 0.133 e. The minimum atomic E-state index is 0.564. The molecular formula is C16H25BrN2O2. The summed E-state index contributed by atoms with van der Waals surface area (Å²) < 4.78 is 11.8. The Morgan fingerprint density at radius 2 is 1.95 bits per heavy atom. The summed E-state index contributed by atoms with van der Waals surface area (Å²) in [7, 11) is 5.56. The highest BCUT2D eigenvalue weighted by Crippen LogP contribution is 2.35. The third-order valence-corrected chi connectivity index (χ3v) is 5.08. The largest absolute Gasteiger partial charge is 0.496 e. The van der Waals surface area contributed by atoms with Crippen molar-refractivity contribution in [1.82, 2.24) is 4.90 Å². The summed E-state index contributed by atoms with van der Waals surface area (Å²) in [6.45, 7) is 1.61. The Labute approximate surface area is 135 Å². The standard InChI is InChI=1S/C16H25BrN2O2/c1-19(14-6-4-5-11(14)9-18)10-12-7-16(21-3)13(17)8-15(12)20-2/h7-8,11,14H,4-6,9-10,18H2,1-3H3. The van der Waals surface area contributed by atoms with Gasteiger partial charge in [0.2, 0.25) is 0 Å². The van der Waals surface area contributed by atoms with Gasteiger partial charge in [-0.1, -0.05) is 6.42 Å². The normalized spacial score (nSPS) is 21.8. The molecule has 1 aliphatic carbocycles. The van der Waals surface area contributed by atoms with E-state index in [4.69, 9.17) is 15.2 Å². The molecule has 5 heteroatoms. The zero-order chi connectivity index (χ0) is 15.4. The van der Waals surface area contributed by atoms with Crippen molar-refractivity contribution < 1.29 is 9.47 Å². The van der Waals surface area contributed by atoms with Gasteiger partial charge in [-0.15, -0.1) is 0 Å². The first-order valence-electron chi connectivity index (χ1n) is 7.41. The molecule has 0 amide bonds. The molecule has 4 nitrogen and oxygen atoms in total. The van der Waals surface area contributed by atoms with Crippen LogP contribution < -0.4 is 15.2 Å². The summed E-state index contributed by atoms with van der Waals surface area (Å²) in [5.74, 6) is 2.33. The van der Waals surface area contributed by atoms with E-state index in [9.17, 15) is 0 Å². The molecule has 2 rings (SSSR count). The number of nitrogens with zero attached hydrogens (tertiary/aromatic N) is 1. The Morgan fingerprint density at radius 1 is 1.24 bits per heavy atom. The molecule has 0 saturated heterocycles. The summed E-state index contributed by atoms with van der Waals surface area (Å²) in [4.78, 5) is 2.40. The lowest BCUT2D eigenvalue weighted by molar-refractivity contribution is 0.190. The van der Waals surface area contributed by atoms with Crippen molar-refractivity contribution in [3.8, 4) is 11.5 Å². The predicted molar refractivity (Wildman–Crippen MR) is 88.9 cm³/mol. The fourth-order valence-electron chi connectivity index (χ4n) is 3.31. The van der Waals surface area contributed by atoms with Crippen molar-refractivity contribution >= 4 is 15.9 Å². The van der Waals surface area contributed by atoms with Gasteiger partial charge in [0.25, 0.3) is 0 Å². The Bertz CT molecular complexity index is 482. The second-order valence-corrected chi connectivity index (χ2v) is 6.56.